The van der Waals surface area contributed by atoms with Crippen LogP contribution < -0.4 is 4.74 Å². The van der Waals surface area contributed by atoms with Crippen LogP contribution in [0, 0.1) is 0 Å². The third-order valence-corrected chi connectivity index (χ3v) is 3.65. The molecule has 0 spiro atoms. The summed E-state index contributed by atoms with van der Waals surface area (Å²) in [6, 6.07) is 7.76. The van der Waals surface area contributed by atoms with Gasteiger partial charge in [-0.25, -0.2) is 0 Å². The molecule has 124 valence electrons. The summed E-state index contributed by atoms with van der Waals surface area (Å²) in [7, 11) is 1.61. The lowest BCUT2D eigenvalue weighted by Crippen LogP contribution is -2.33. The van der Waals surface area contributed by atoms with Crippen molar-refractivity contribution < 1.29 is 19.1 Å². The lowest BCUT2D eigenvalue weighted by atomic mass is 10.2. The largest absolute Gasteiger partial charge is 0.497 e. The van der Waals surface area contributed by atoms with Gasteiger partial charge in [-0.1, -0.05) is 12.1 Å². The highest BCUT2D eigenvalue weighted by Crippen LogP contribution is 2.27. The summed E-state index contributed by atoms with van der Waals surface area (Å²) in [4.78, 5) is 25.6. The van der Waals surface area contributed by atoms with E-state index in [9.17, 15) is 9.59 Å². The Morgan fingerprint density at radius 1 is 1.35 bits per heavy atom. The molecule has 0 aromatic heterocycles. The number of esters is 1. The summed E-state index contributed by atoms with van der Waals surface area (Å²) < 4.78 is 10.1. The first-order valence-corrected chi connectivity index (χ1v) is 7.92. The molecular weight excluding hydrogens is 294 g/mol. The summed E-state index contributed by atoms with van der Waals surface area (Å²) in [5, 5.41) is 0. The van der Waals surface area contributed by atoms with Crippen LogP contribution in [0.15, 0.2) is 30.3 Å². The summed E-state index contributed by atoms with van der Waals surface area (Å²) in [5.41, 5.74) is 0.902. The van der Waals surface area contributed by atoms with Gasteiger partial charge in [0.2, 0.25) is 5.91 Å². The van der Waals surface area contributed by atoms with Crippen LogP contribution in [0.2, 0.25) is 0 Å². The second kappa shape index (κ2) is 8.36. The SMILES string of the molecule is CCOC(=O)CCN(C(=O)/C=C/c1cccc(OC)c1)C1CC1. The van der Waals surface area contributed by atoms with E-state index in [0.717, 1.165) is 24.2 Å². The molecule has 0 bridgehead atoms. The molecule has 0 unspecified atom stereocenters. The van der Waals surface area contributed by atoms with E-state index in [2.05, 4.69) is 0 Å². The van der Waals surface area contributed by atoms with Crippen molar-refractivity contribution in [3.63, 3.8) is 0 Å². The first-order valence-electron chi connectivity index (χ1n) is 7.92. The molecule has 5 nitrogen and oxygen atoms in total. The zero-order valence-electron chi connectivity index (χ0n) is 13.7. The lowest BCUT2D eigenvalue weighted by molar-refractivity contribution is -0.143. The minimum absolute atomic E-state index is 0.0698. The van der Waals surface area contributed by atoms with E-state index in [0.29, 0.717) is 13.2 Å². The van der Waals surface area contributed by atoms with E-state index in [-0.39, 0.29) is 24.3 Å². The Morgan fingerprint density at radius 3 is 2.78 bits per heavy atom. The fraction of sp³-hybridized carbons (Fsp3) is 0.444. The Hall–Kier alpha value is -2.30. The van der Waals surface area contributed by atoms with Gasteiger partial charge < -0.3 is 14.4 Å². The summed E-state index contributed by atoms with van der Waals surface area (Å²) in [6.45, 7) is 2.55. The number of methoxy groups -OCH3 is 1. The molecule has 1 amide bonds. The van der Waals surface area contributed by atoms with Gasteiger partial charge in [-0.05, 0) is 43.5 Å². The average molecular weight is 317 g/mol. The van der Waals surface area contributed by atoms with Crippen LogP contribution >= 0.6 is 0 Å². The number of rotatable bonds is 8. The normalized spacial score (nSPS) is 13.8. The fourth-order valence-electron chi connectivity index (χ4n) is 2.31. The second-order valence-corrected chi connectivity index (χ2v) is 5.43. The zero-order valence-corrected chi connectivity index (χ0v) is 13.7. The first kappa shape index (κ1) is 17.1. The standard InChI is InChI=1S/C18H23NO4/c1-3-23-18(21)11-12-19(15-8-9-15)17(20)10-7-14-5-4-6-16(13-14)22-2/h4-7,10,13,15H,3,8-9,11-12H2,1-2H3/b10-7+. The van der Waals surface area contributed by atoms with Crippen molar-refractivity contribution in [2.75, 3.05) is 20.3 Å². The number of carbonyl (C=O) groups is 2. The van der Waals surface area contributed by atoms with Gasteiger partial charge in [-0.2, -0.15) is 0 Å². The maximum Gasteiger partial charge on any atom is 0.307 e. The quantitative estimate of drug-likeness (QED) is 0.546. The molecule has 2 rings (SSSR count). The molecule has 0 atom stereocenters. The number of amides is 1. The Bertz CT molecular complexity index is 578. The number of carbonyl (C=O) groups excluding carboxylic acids is 2. The average Bonchev–Trinajstić information content (AvgIpc) is 3.38. The van der Waals surface area contributed by atoms with Crippen LogP contribution in [0.4, 0.5) is 0 Å². The van der Waals surface area contributed by atoms with E-state index < -0.39 is 0 Å². The van der Waals surface area contributed by atoms with Crippen molar-refractivity contribution in [2.24, 2.45) is 0 Å². The molecule has 1 aliphatic carbocycles. The van der Waals surface area contributed by atoms with Crippen molar-refractivity contribution in [3.05, 3.63) is 35.9 Å². The van der Waals surface area contributed by atoms with Gasteiger partial charge in [0.15, 0.2) is 0 Å². The molecule has 1 saturated carbocycles. The molecule has 1 aromatic rings. The summed E-state index contributed by atoms with van der Waals surface area (Å²) in [5.74, 6) is 0.420. The molecule has 0 saturated heterocycles. The molecule has 23 heavy (non-hydrogen) atoms. The Kier molecular flexibility index (Phi) is 6.20. The van der Waals surface area contributed by atoms with E-state index in [1.807, 2.05) is 24.3 Å². The number of hydrogen-bond donors (Lipinski definition) is 0. The molecule has 1 fully saturated rings. The van der Waals surface area contributed by atoms with E-state index in [1.54, 1.807) is 31.1 Å². The topological polar surface area (TPSA) is 55.8 Å². The van der Waals surface area contributed by atoms with Crippen molar-refractivity contribution in [2.45, 2.75) is 32.2 Å². The van der Waals surface area contributed by atoms with Gasteiger partial charge in [0.1, 0.15) is 5.75 Å². The molecule has 0 heterocycles. The van der Waals surface area contributed by atoms with Gasteiger partial charge in [0, 0.05) is 18.7 Å². The zero-order chi connectivity index (χ0) is 16.7. The molecule has 5 heteroatoms. The van der Waals surface area contributed by atoms with Crippen LogP contribution in [0.25, 0.3) is 6.08 Å². The third kappa shape index (κ3) is 5.43. The van der Waals surface area contributed by atoms with Crippen LogP contribution in [-0.4, -0.2) is 43.1 Å². The van der Waals surface area contributed by atoms with Crippen LogP contribution in [0.3, 0.4) is 0 Å². The van der Waals surface area contributed by atoms with Gasteiger partial charge in [0.05, 0.1) is 20.1 Å². The lowest BCUT2D eigenvalue weighted by Gasteiger charge is -2.20. The van der Waals surface area contributed by atoms with Gasteiger partial charge in [-0.15, -0.1) is 0 Å². The smallest absolute Gasteiger partial charge is 0.307 e. The van der Waals surface area contributed by atoms with Crippen molar-refractivity contribution in [3.8, 4) is 5.75 Å². The van der Waals surface area contributed by atoms with Crippen molar-refractivity contribution in [1.29, 1.82) is 0 Å². The number of ether oxygens (including phenoxy) is 2. The molecule has 1 aliphatic rings. The predicted molar refractivity (Wildman–Crippen MR) is 88.0 cm³/mol. The van der Waals surface area contributed by atoms with E-state index >= 15 is 0 Å². The molecule has 1 aromatic carbocycles. The van der Waals surface area contributed by atoms with Crippen LogP contribution in [0.5, 0.6) is 5.75 Å². The highest BCUT2D eigenvalue weighted by molar-refractivity contribution is 5.92. The predicted octanol–water partition coefficient (Wildman–Crippen LogP) is 2.65. The fourth-order valence-corrected chi connectivity index (χ4v) is 2.31. The molecule has 0 radical (unpaired) electrons. The van der Waals surface area contributed by atoms with Crippen LogP contribution in [-0.2, 0) is 14.3 Å². The number of hydrogen-bond acceptors (Lipinski definition) is 4. The molecule has 0 aliphatic heterocycles. The van der Waals surface area contributed by atoms with Crippen molar-refractivity contribution in [1.82, 2.24) is 4.90 Å². The maximum atomic E-state index is 12.4. The summed E-state index contributed by atoms with van der Waals surface area (Å²) >= 11 is 0. The first-order chi connectivity index (χ1) is 11.1. The second-order valence-electron chi connectivity index (χ2n) is 5.43. The third-order valence-electron chi connectivity index (χ3n) is 3.65. The highest BCUT2D eigenvalue weighted by atomic mass is 16.5. The monoisotopic (exact) mass is 317 g/mol. The number of benzene rings is 1. The molecule has 0 N–H and O–H groups in total. The minimum atomic E-state index is -0.261. The molecular formula is C18H23NO4. The Labute approximate surface area is 136 Å². The van der Waals surface area contributed by atoms with Gasteiger partial charge in [-0.3, -0.25) is 9.59 Å². The van der Waals surface area contributed by atoms with Gasteiger partial charge in [0.25, 0.3) is 0 Å². The van der Waals surface area contributed by atoms with Crippen LogP contribution in [0.1, 0.15) is 31.7 Å². The number of nitrogens with zero attached hydrogens (tertiary/aromatic N) is 1. The summed E-state index contributed by atoms with van der Waals surface area (Å²) in [6.07, 6.45) is 5.56. The van der Waals surface area contributed by atoms with Gasteiger partial charge >= 0.3 is 5.97 Å². The highest BCUT2D eigenvalue weighted by Gasteiger charge is 2.31. The Balaban J connectivity index is 1.95. The minimum Gasteiger partial charge on any atom is -0.497 e. The van der Waals surface area contributed by atoms with Crippen molar-refractivity contribution >= 4 is 18.0 Å². The van der Waals surface area contributed by atoms with E-state index in [1.165, 1.54) is 0 Å². The maximum absolute atomic E-state index is 12.4. The van der Waals surface area contributed by atoms with E-state index in [4.69, 9.17) is 9.47 Å². The Morgan fingerprint density at radius 2 is 2.13 bits per heavy atom.